The summed E-state index contributed by atoms with van der Waals surface area (Å²) in [5.41, 5.74) is 0. The number of rotatable bonds is 12. The summed E-state index contributed by atoms with van der Waals surface area (Å²) in [4.78, 5) is 0. The third-order valence-electron chi connectivity index (χ3n) is 10.3. The summed E-state index contributed by atoms with van der Waals surface area (Å²) in [6, 6.07) is 0. The average molecular weight is 813 g/mol. The highest BCUT2D eigenvalue weighted by Gasteiger charge is 2.56. The van der Waals surface area contributed by atoms with Gasteiger partial charge in [-0.1, -0.05) is 0 Å². The van der Waals surface area contributed by atoms with Crippen LogP contribution in [0.3, 0.4) is 0 Å². The molecule has 5 aliphatic heterocycles. The van der Waals surface area contributed by atoms with Crippen LogP contribution in [0.4, 0.5) is 0 Å². The van der Waals surface area contributed by atoms with E-state index in [1.54, 1.807) is 0 Å². The summed E-state index contributed by atoms with van der Waals surface area (Å²) in [6.45, 7) is -2.35. The maximum Gasteiger partial charge on any atom is 0.187 e. The van der Waals surface area contributed by atoms with Crippen LogP contribution in [0.1, 0.15) is 6.92 Å². The molecule has 16 N–H and O–H groups in total. The highest BCUT2D eigenvalue weighted by atomic mass is 16.8. The number of aliphatic hydroxyl groups excluding tert-OH is 16. The van der Waals surface area contributed by atoms with Crippen LogP contribution in [0.5, 0.6) is 0 Å². The van der Waals surface area contributed by atoms with E-state index >= 15 is 0 Å². The first-order valence-corrected chi connectivity index (χ1v) is 17.5. The first kappa shape index (κ1) is 45.1. The Hall–Kier alpha value is -1.00. The Kier molecular flexibility index (Phi) is 15.5. The van der Waals surface area contributed by atoms with E-state index in [4.69, 9.17) is 42.6 Å². The minimum absolute atomic E-state index is 0.862. The van der Waals surface area contributed by atoms with Gasteiger partial charge in [-0.15, -0.1) is 0 Å². The van der Waals surface area contributed by atoms with Gasteiger partial charge in [0.2, 0.25) is 0 Å². The molecular formula is C30H52O25. The summed E-state index contributed by atoms with van der Waals surface area (Å²) < 4.78 is 49.7. The van der Waals surface area contributed by atoms with Crippen LogP contribution >= 0.6 is 0 Å². The lowest BCUT2D eigenvalue weighted by Gasteiger charge is -2.49. The quantitative estimate of drug-likeness (QED) is 0.0870. The highest BCUT2D eigenvalue weighted by molar-refractivity contribution is 4.99. The van der Waals surface area contributed by atoms with Crippen molar-refractivity contribution < 1.29 is 124 Å². The van der Waals surface area contributed by atoms with E-state index in [2.05, 4.69) is 0 Å². The second kappa shape index (κ2) is 18.9. The lowest BCUT2D eigenvalue weighted by molar-refractivity contribution is -0.399. The smallest absolute Gasteiger partial charge is 0.187 e. The molecule has 0 amide bonds. The molecule has 5 saturated heterocycles. The zero-order valence-electron chi connectivity index (χ0n) is 29.1. The topological polar surface area (TPSA) is 407 Å². The van der Waals surface area contributed by atoms with Gasteiger partial charge in [-0.05, 0) is 6.92 Å². The Morgan fingerprint density at radius 2 is 0.727 bits per heavy atom. The van der Waals surface area contributed by atoms with Crippen molar-refractivity contribution >= 4 is 0 Å². The average Bonchev–Trinajstić information content (AvgIpc) is 3.17. The second-order valence-electron chi connectivity index (χ2n) is 13.9. The summed E-state index contributed by atoms with van der Waals surface area (Å²) in [5.74, 6) is 0. The van der Waals surface area contributed by atoms with Crippen molar-refractivity contribution in [2.75, 3.05) is 26.4 Å². The predicted molar refractivity (Wildman–Crippen MR) is 165 cm³/mol. The van der Waals surface area contributed by atoms with Gasteiger partial charge in [0, 0.05) is 0 Å². The zero-order chi connectivity index (χ0) is 40.6. The molecule has 0 bridgehead atoms. The van der Waals surface area contributed by atoms with Gasteiger partial charge in [0.1, 0.15) is 116 Å². The fraction of sp³-hybridized carbons (Fsp3) is 1.00. The molecule has 0 aromatic rings. The summed E-state index contributed by atoms with van der Waals surface area (Å²) in [5, 5.41) is 167. The molecule has 0 aromatic heterocycles. The van der Waals surface area contributed by atoms with Gasteiger partial charge >= 0.3 is 0 Å². The van der Waals surface area contributed by atoms with E-state index in [-0.39, 0.29) is 0 Å². The van der Waals surface area contributed by atoms with Crippen molar-refractivity contribution in [2.45, 2.75) is 160 Å². The first-order chi connectivity index (χ1) is 26.0. The van der Waals surface area contributed by atoms with Crippen molar-refractivity contribution in [3.8, 4) is 0 Å². The van der Waals surface area contributed by atoms with Gasteiger partial charge in [0.25, 0.3) is 0 Å². The van der Waals surface area contributed by atoms with E-state index in [0.29, 0.717) is 0 Å². The Morgan fingerprint density at radius 3 is 1.24 bits per heavy atom. The molecule has 25 nitrogen and oxygen atoms in total. The van der Waals surface area contributed by atoms with Crippen LogP contribution in [0.2, 0.25) is 0 Å². The van der Waals surface area contributed by atoms with Crippen molar-refractivity contribution in [2.24, 2.45) is 0 Å². The Bertz CT molecular complexity index is 1190. The molecule has 55 heavy (non-hydrogen) atoms. The molecule has 25 heteroatoms. The largest absolute Gasteiger partial charge is 0.394 e. The molecule has 0 saturated carbocycles. The molecule has 5 rings (SSSR count). The third-order valence-corrected chi connectivity index (χ3v) is 10.3. The highest BCUT2D eigenvalue weighted by Crippen LogP contribution is 2.36. The number of hydrogen-bond donors (Lipinski definition) is 16. The van der Waals surface area contributed by atoms with E-state index < -0.39 is 180 Å². The maximum absolute atomic E-state index is 11.4. The standard InChI is InChI=1S/C30H52O25/c1-6-11(35)15(39)19(43)27(47-6)55-25-16(40)12(36)7(2-31)51-30(25)54-24-14(38)9(4-33)50-29(21(24)45)53-23-13(37)8(3-32)49-28(20(23)44)52-22-10(5-34)48-26(46)18(42)17(22)41/h6-46H,2-5H2,1H3/t6-,7+,8+,9+,10+,11+,12-,13-,14+,15+,16-,17+,18+,19-,20+,21+,22+,23-,24-,25+,26+,27+,28-,29-,30-/m0/s1. The fourth-order valence-corrected chi connectivity index (χ4v) is 6.94. The molecule has 5 heterocycles. The van der Waals surface area contributed by atoms with Crippen LogP contribution in [0, 0.1) is 0 Å². The summed E-state index contributed by atoms with van der Waals surface area (Å²) in [7, 11) is 0. The van der Waals surface area contributed by atoms with Crippen LogP contribution < -0.4 is 0 Å². The molecular weight excluding hydrogens is 760 g/mol. The van der Waals surface area contributed by atoms with Crippen molar-refractivity contribution in [3.05, 3.63) is 0 Å². The lowest BCUT2D eigenvalue weighted by Crippen LogP contribution is -2.68. The lowest BCUT2D eigenvalue weighted by atomic mass is 9.95. The summed E-state index contributed by atoms with van der Waals surface area (Å²) in [6.07, 6.45) is -45.7. The molecule has 0 spiro atoms. The first-order valence-electron chi connectivity index (χ1n) is 17.5. The maximum atomic E-state index is 11.4. The van der Waals surface area contributed by atoms with Gasteiger partial charge in [0.05, 0.1) is 32.5 Å². The molecule has 25 atom stereocenters. The number of aliphatic hydroxyl groups is 16. The van der Waals surface area contributed by atoms with Gasteiger partial charge in [-0.3, -0.25) is 0 Å². The molecule has 0 radical (unpaired) electrons. The number of hydrogen-bond acceptors (Lipinski definition) is 25. The third kappa shape index (κ3) is 9.11. The van der Waals surface area contributed by atoms with Gasteiger partial charge in [-0.2, -0.15) is 0 Å². The molecule has 0 unspecified atom stereocenters. The fourth-order valence-electron chi connectivity index (χ4n) is 6.94. The molecule has 0 aromatic carbocycles. The molecule has 322 valence electrons. The molecule has 0 aliphatic carbocycles. The Morgan fingerprint density at radius 1 is 0.327 bits per heavy atom. The Labute approximate surface area is 311 Å². The van der Waals surface area contributed by atoms with Crippen LogP contribution in [-0.4, -0.2) is 262 Å². The van der Waals surface area contributed by atoms with Crippen LogP contribution in [0.15, 0.2) is 0 Å². The minimum atomic E-state index is -2.16. The summed E-state index contributed by atoms with van der Waals surface area (Å²) >= 11 is 0. The van der Waals surface area contributed by atoms with E-state index in [1.807, 2.05) is 0 Å². The monoisotopic (exact) mass is 812 g/mol. The molecule has 5 aliphatic rings. The number of ether oxygens (including phenoxy) is 9. The van der Waals surface area contributed by atoms with E-state index in [0.717, 1.165) is 0 Å². The van der Waals surface area contributed by atoms with Crippen LogP contribution in [0.25, 0.3) is 0 Å². The minimum Gasteiger partial charge on any atom is -0.394 e. The Balaban J connectivity index is 1.37. The second-order valence-corrected chi connectivity index (χ2v) is 13.9. The van der Waals surface area contributed by atoms with Crippen molar-refractivity contribution in [1.29, 1.82) is 0 Å². The van der Waals surface area contributed by atoms with Crippen molar-refractivity contribution in [3.63, 3.8) is 0 Å². The van der Waals surface area contributed by atoms with Gasteiger partial charge in [0.15, 0.2) is 31.5 Å². The normalized spacial score (nSPS) is 53.9. The van der Waals surface area contributed by atoms with Gasteiger partial charge in [-0.25, -0.2) is 0 Å². The van der Waals surface area contributed by atoms with E-state index in [1.165, 1.54) is 6.92 Å². The van der Waals surface area contributed by atoms with Gasteiger partial charge < -0.3 is 124 Å². The predicted octanol–water partition coefficient (Wildman–Crippen LogP) is -10.9. The van der Waals surface area contributed by atoms with Crippen LogP contribution in [-0.2, 0) is 42.6 Å². The molecule has 5 fully saturated rings. The van der Waals surface area contributed by atoms with Crippen molar-refractivity contribution in [1.82, 2.24) is 0 Å². The zero-order valence-corrected chi connectivity index (χ0v) is 29.1. The van der Waals surface area contributed by atoms with E-state index in [9.17, 15) is 81.7 Å². The SMILES string of the molecule is C[C@@H]1O[C@H](O[C@H]2[C@H](O[C@@H]3[C@@H](O)[C@H](O[C@H]4[C@@H](O)[C@@H](CO)O[C@@H](O[C@H]5[C@H](O)[C@@H](O)[C@H](O)O[C@@H]5CO)[C@@H]4O)O[C@H](CO)[C@H]3O)O[C@H](CO)[C@H](O)[C@@H]2O)[C@@H](O)[C@H](O)[C@@H]1O.